The Kier molecular flexibility index (Phi) is 10.3. The van der Waals surface area contributed by atoms with Gasteiger partial charge in [0.05, 0.1) is 18.1 Å². The number of anilines is 5. The Morgan fingerprint density at radius 2 is 1.62 bits per heavy atom. The van der Waals surface area contributed by atoms with Crippen LogP contribution in [0.2, 0.25) is 0 Å². The van der Waals surface area contributed by atoms with Crippen LogP contribution in [0, 0.1) is 6.92 Å². The summed E-state index contributed by atoms with van der Waals surface area (Å²) in [7, 11) is -3.64. The van der Waals surface area contributed by atoms with E-state index in [1.807, 2.05) is 31.2 Å². The first-order valence-corrected chi connectivity index (χ1v) is 17.2. The number of morpholine rings is 1. The summed E-state index contributed by atoms with van der Waals surface area (Å²) < 4.78 is 38.8. The van der Waals surface area contributed by atoms with Gasteiger partial charge >= 0.3 is 0 Å². The highest BCUT2D eigenvalue weighted by molar-refractivity contribution is 7.89. The number of hydrogen-bond acceptors (Lipinski definition) is 10. The summed E-state index contributed by atoms with van der Waals surface area (Å²) in [6.45, 7) is 7.15. The number of nitrogens with zero attached hydrogens (tertiary/aromatic N) is 4. The van der Waals surface area contributed by atoms with Crippen molar-refractivity contribution in [2.75, 3.05) is 68.5 Å². The average molecular weight is 658 g/mol. The first kappa shape index (κ1) is 32.4. The van der Waals surface area contributed by atoms with Crippen LogP contribution < -0.4 is 20.7 Å². The third-order valence-electron chi connectivity index (χ3n) is 8.07. The lowest BCUT2D eigenvalue weighted by Gasteiger charge is -2.26. The molecule has 3 N–H and O–H groups in total. The van der Waals surface area contributed by atoms with E-state index in [-0.39, 0.29) is 10.8 Å². The number of aromatic nitrogens is 2. The van der Waals surface area contributed by atoms with Gasteiger partial charge in [-0.25, -0.2) is 13.4 Å². The molecule has 0 aliphatic carbocycles. The van der Waals surface area contributed by atoms with E-state index in [1.165, 1.54) is 17.1 Å². The quantitative estimate of drug-likeness (QED) is 0.190. The van der Waals surface area contributed by atoms with E-state index in [4.69, 9.17) is 9.47 Å². The number of carbonyl (C=O) groups is 1. The summed E-state index contributed by atoms with van der Waals surface area (Å²) in [6, 6.07) is 21.1. The molecule has 1 aromatic heterocycles. The molecular formula is C34H39N7O5S. The Labute approximate surface area is 275 Å². The predicted molar refractivity (Wildman–Crippen MR) is 181 cm³/mol. The maximum Gasteiger partial charge on any atom is 0.255 e. The molecule has 0 unspecified atom stereocenters. The van der Waals surface area contributed by atoms with Crippen LogP contribution in [0.4, 0.5) is 28.8 Å². The van der Waals surface area contributed by atoms with Gasteiger partial charge in [-0.15, -0.1) is 0 Å². The molecule has 12 nitrogen and oxygen atoms in total. The highest BCUT2D eigenvalue weighted by Crippen LogP contribution is 2.25. The van der Waals surface area contributed by atoms with Gasteiger partial charge in [-0.3, -0.25) is 9.69 Å². The average Bonchev–Trinajstić information content (AvgIpc) is 3.62. The predicted octanol–water partition coefficient (Wildman–Crippen LogP) is 5.02. The minimum absolute atomic E-state index is 0.202. The van der Waals surface area contributed by atoms with Gasteiger partial charge in [0.1, 0.15) is 18.2 Å². The highest BCUT2D eigenvalue weighted by Gasteiger charge is 2.26. The number of nitrogens with one attached hydrogen (secondary N) is 3. The molecule has 47 heavy (non-hydrogen) atoms. The smallest absolute Gasteiger partial charge is 0.255 e. The molecule has 2 fully saturated rings. The Balaban J connectivity index is 1.04. The number of amides is 1. The van der Waals surface area contributed by atoms with Gasteiger partial charge in [-0.05, 0) is 99.6 Å². The molecule has 2 aliphatic rings. The topological polar surface area (TPSA) is 138 Å². The van der Waals surface area contributed by atoms with E-state index >= 15 is 0 Å². The molecule has 0 radical (unpaired) electrons. The maximum atomic E-state index is 13.1. The van der Waals surface area contributed by atoms with Crippen molar-refractivity contribution in [3.63, 3.8) is 0 Å². The standard InChI is InChI=1S/C34H39N7O5S/c1-25-24-35-34(39-32(25)36-29-5-4-6-31(23-29)47(43,44)41-18-20-45-21-19-41)38-28-9-7-26(8-10-28)33(42)37-27-11-13-30(14-12-27)46-22-17-40-15-2-3-16-40/h4-14,23-24H,2-3,15-22H2,1H3,(H,37,42)(H2,35,36,38,39). The number of benzene rings is 3. The molecule has 0 spiro atoms. The lowest BCUT2D eigenvalue weighted by atomic mass is 10.2. The minimum atomic E-state index is -3.64. The Bertz CT molecular complexity index is 1770. The Morgan fingerprint density at radius 1 is 0.894 bits per heavy atom. The summed E-state index contributed by atoms with van der Waals surface area (Å²) in [5.74, 6) is 1.42. The van der Waals surface area contributed by atoms with Crippen molar-refractivity contribution in [1.82, 2.24) is 19.2 Å². The van der Waals surface area contributed by atoms with Crippen LogP contribution >= 0.6 is 0 Å². The van der Waals surface area contributed by atoms with Crippen LogP contribution in [0.1, 0.15) is 28.8 Å². The lowest BCUT2D eigenvalue weighted by molar-refractivity contribution is 0.0730. The molecule has 0 atom stereocenters. The molecule has 2 aliphatic heterocycles. The summed E-state index contributed by atoms with van der Waals surface area (Å²) >= 11 is 0. The van der Waals surface area contributed by atoms with Gasteiger partial charge in [-0.2, -0.15) is 9.29 Å². The van der Waals surface area contributed by atoms with E-state index in [9.17, 15) is 13.2 Å². The Hall–Kier alpha value is -4.56. The molecular weight excluding hydrogens is 618 g/mol. The molecule has 6 rings (SSSR count). The van der Waals surface area contributed by atoms with Gasteiger partial charge in [0.15, 0.2) is 0 Å². The fourth-order valence-corrected chi connectivity index (χ4v) is 6.86. The van der Waals surface area contributed by atoms with Crippen LogP contribution in [0.15, 0.2) is 83.9 Å². The SMILES string of the molecule is Cc1cnc(Nc2ccc(C(=O)Nc3ccc(OCCN4CCCC4)cc3)cc2)nc1Nc1cccc(S(=O)(=O)N2CCOCC2)c1. The fraction of sp³-hybridized carbons (Fsp3) is 0.324. The second-order valence-corrected chi connectivity index (χ2v) is 13.4. The van der Waals surface area contributed by atoms with E-state index in [0.29, 0.717) is 67.3 Å². The zero-order chi connectivity index (χ0) is 32.6. The summed E-state index contributed by atoms with van der Waals surface area (Å²) in [5, 5.41) is 9.31. The van der Waals surface area contributed by atoms with Crippen LogP contribution in [0.3, 0.4) is 0 Å². The summed E-state index contributed by atoms with van der Waals surface area (Å²) in [6.07, 6.45) is 4.20. The molecule has 1 amide bonds. The third kappa shape index (κ3) is 8.43. The van der Waals surface area contributed by atoms with E-state index in [0.717, 1.165) is 30.9 Å². The number of likely N-dealkylation sites (tertiary alicyclic amines) is 1. The van der Waals surface area contributed by atoms with Gasteiger partial charge in [-0.1, -0.05) is 6.07 Å². The first-order valence-electron chi connectivity index (χ1n) is 15.8. The number of rotatable bonds is 12. The van der Waals surface area contributed by atoms with Gasteiger partial charge < -0.3 is 25.4 Å². The molecule has 0 saturated carbocycles. The zero-order valence-corrected chi connectivity index (χ0v) is 27.1. The van der Waals surface area contributed by atoms with Gasteiger partial charge in [0.25, 0.3) is 5.91 Å². The van der Waals surface area contributed by atoms with Crippen molar-refractivity contribution in [2.24, 2.45) is 0 Å². The number of carbonyl (C=O) groups excluding carboxylic acids is 1. The van der Waals surface area contributed by atoms with E-state index in [1.54, 1.807) is 54.7 Å². The monoisotopic (exact) mass is 657 g/mol. The maximum absolute atomic E-state index is 13.1. The number of ether oxygens (including phenoxy) is 2. The van der Waals surface area contributed by atoms with Crippen LogP contribution in [-0.4, -0.2) is 86.0 Å². The van der Waals surface area contributed by atoms with Crippen molar-refractivity contribution in [3.05, 3.63) is 90.1 Å². The van der Waals surface area contributed by atoms with Gasteiger partial charge in [0, 0.05) is 54.0 Å². The second kappa shape index (κ2) is 14.9. The normalized spacial score (nSPS) is 15.7. The van der Waals surface area contributed by atoms with E-state index < -0.39 is 10.0 Å². The van der Waals surface area contributed by atoms with Crippen molar-refractivity contribution in [1.29, 1.82) is 0 Å². The van der Waals surface area contributed by atoms with Crippen molar-refractivity contribution in [2.45, 2.75) is 24.7 Å². The minimum Gasteiger partial charge on any atom is -0.492 e. The largest absolute Gasteiger partial charge is 0.492 e. The summed E-state index contributed by atoms with van der Waals surface area (Å²) in [5.41, 5.74) is 3.25. The van der Waals surface area contributed by atoms with Crippen molar-refractivity contribution in [3.8, 4) is 5.75 Å². The van der Waals surface area contributed by atoms with Crippen LogP contribution in [-0.2, 0) is 14.8 Å². The van der Waals surface area contributed by atoms with Crippen molar-refractivity contribution < 1.29 is 22.7 Å². The molecule has 0 bridgehead atoms. The molecule has 4 aromatic rings. The number of aryl methyl sites for hydroxylation is 1. The zero-order valence-electron chi connectivity index (χ0n) is 26.3. The third-order valence-corrected chi connectivity index (χ3v) is 9.96. The molecule has 3 heterocycles. The van der Waals surface area contributed by atoms with Crippen molar-refractivity contribution >= 4 is 44.8 Å². The number of sulfonamides is 1. The molecule has 3 aromatic carbocycles. The fourth-order valence-electron chi connectivity index (χ4n) is 5.41. The summed E-state index contributed by atoms with van der Waals surface area (Å²) in [4.78, 5) is 24.5. The molecule has 13 heteroatoms. The molecule has 2 saturated heterocycles. The second-order valence-electron chi connectivity index (χ2n) is 11.5. The highest BCUT2D eigenvalue weighted by atomic mass is 32.2. The van der Waals surface area contributed by atoms with Crippen LogP contribution in [0.5, 0.6) is 5.75 Å². The first-order chi connectivity index (χ1) is 22.8. The van der Waals surface area contributed by atoms with Gasteiger partial charge in [0.2, 0.25) is 16.0 Å². The number of hydrogen-bond donors (Lipinski definition) is 3. The Morgan fingerprint density at radius 3 is 2.36 bits per heavy atom. The van der Waals surface area contributed by atoms with E-state index in [2.05, 4.69) is 30.8 Å². The van der Waals surface area contributed by atoms with Crippen LogP contribution in [0.25, 0.3) is 0 Å². The molecule has 246 valence electrons. The lowest BCUT2D eigenvalue weighted by Crippen LogP contribution is -2.40.